The van der Waals surface area contributed by atoms with Gasteiger partial charge in [0.1, 0.15) is 5.75 Å². The maximum Gasteiger partial charge on any atom is 0.124 e. The molecule has 2 aliphatic rings. The summed E-state index contributed by atoms with van der Waals surface area (Å²) in [5, 5.41) is 14.0. The number of rotatable bonds is 2. The average molecular weight is 246 g/mol. The second kappa shape index (κ2) is 4.81. The molecule has 2 heterocycles. The van der Waals surface area contributed by atoms with Crippen LogP contribution >= 0.6 is 0 Å². The normalized spacial score (nSPS) is 23.2. The Morgan fingerprint density at radius 2 is 2.28 bits per heavy atom. The molecule has 3 heteroatoms. The van der Waals surface area contributed by atoms with Gasteiger partial charge in [-0.15, -0.1) is 0 Å². The Balaban J connectivity index is 1.87. The molecule has 1 unspecified atom stereocenters. The zero-order valence-corrected chi connectivity index (χ0v) is 11.1. The van der Waals surface area contributed by atoms with Crippen molar-refractivity contribution in [1.82, 2.24) is 5.32 Å². The summed E-state index contributed by atoms with van der Waals surface area (Å²) in [6.07, 6.45) is 5.61. The third-order valence-electron chi connectivity index (χ3n) is 4.30. The van der Waals surface area contributed by atoms with Crippen LogP contribution in [0.5, 0.6) is 5.75 Å². The van der Waals surface area contributed by atoms with E-state index in [4.69, 9.17) is 0 Å². The van der Waals surface area contributed by atoms with Crippen molar-refractivity contribution < 1.29 is 5.11 Å². The zero-order valence-electron chi connectivity index (χ0n) is 11.1. The van der Waals surface area contributed by atoms with Crippen LogP contribution in [0.25, 0.3) is 0 Å². The summed E-state index contributed by atoms with van der Waals surface area (Å²) in [5.41, 5.74) is 3.48. The van der Waals surface area contributed by atoms with Gasteiger partial charge in [-0.1, -0.05) is 6.07 Å². The monoisotopic (exact) mass is 246 g/mol. The highest BCUT2D eigenvalue weighted by Gasteiger charge is 2.21. The van der Waals surface area contributed by atoms with E-state index < -0.39 is 0 Å². The molecule has 2 N–H and O–H groups in total. The van der Waals surface area contributed by atoms with E-state index in [0.717, 1.165) is 43.5 Å². The quantitative estimate of drug-likeness (QED) is 0.838. The Morgan fingerprint density at radius 3 is 3.06 bits per heavy atom. The minimum absolute atomic E-state index is 0.549. The van der Waals surface area contributed by atoms with E-state index in [9.17, 15) is 5.11 Å². The zero-order chi connectivity index (χ0) is 12.5. The molecule has 3 nitrogen and oxygen atoms in total. The Hall–Kier alpha value is -1.22. The van der Waals surface area contributed by atoms with Crippen LogP contribution in [-0.4, -0.2) is 31.3 Å². The third-order valence-corrected chi connectivity index (χ3v) is 4.30. The SMILES string of the molecule is CN1CCCc2c1ccc(CC1CCCN1)c2O. The Bertz CT molecular complexity index is 438. The molecule has 3 rings (SSSR count). The van der Waals surface area contributed by atoms with Gasteiger partial charge >= 0.3 is 0 Å². The molecule has 0 saturated carbocycles. The van der Waals surface area contributed by atoms with Gasteiger partial charge in [0.05, 0.1) is 0 Å². The maximum atomic E-state index is 10.5. The summed E-state index contributed by atoms with van der Waals surface area (Å²) in [6, 6.07) is 4.84. The Morgan fingerprint density at radius 1 is 1.39 bits per heavy atom. The van der Waals surface area contributed by atoms with E-state index in [0.29, 0.717) is 11.8 Å². The molecule has 0 aliphatic carbocycles. The van der Waals surface area contributed by atoms with Gasteiger partial charge in [0, 0.05) is 30.9 Å². The van der Waals surface area contributed by atoms with Gasteiger partial charge in [0.2, 0.25) is 0 Å². The first kappa shape index (κ1) is 11.8. The molecule has 98 valence electrons. The van der Waals surface area contributed by atoms with Crippen LogP contribution < -0.4 is 10.2 Å². The fourth-order valence-electron chi connectivity index (χ4n) is 3.25. The molecule has 0 spiro atoms. The Labute approximate surface area is 109 Å². The molecule has 1 fully saturated rings. The minimum Gasteiger partial charge on any atom is -0.507 e. The van der Waals surface area contributed by atoms with Gasteiger partial charge in [-0.05, 0) is 50.3 Å². The van der Waals surface area contributed by atoms with Crippen molar-refractivity contribution in [3.8, 4) is 5.75 Å². The van der Waals surface area contributed by atoms with Gasteiger partial charge < -0.3 is 15.3 Å². The summed E-state index contributed by atoms with van der Waals surface area (Å²) in [6.45, 7) is 2.22. The summed E-state index contributed by atoms with van der Waals surface area (Å²) >= 11 is 0. The van der Waals surface area contributed by atoms with Crippen molar-refractivity contribution in [2.45, 2.75) is 38.1 Å². The lowest BCUT2D eigenvalue weighted by atomic mass is 9.95. The molecule has 18 heavy (non-hydrogen) atoms. The topological polar surface area (TPSA) is 35.5 Å². The molecule has 0 bridgehead atoms. The van der Waals surface area contributed by atoms with Gasteiger partial charge in [0.15, 0.2) is 0 Å². The van der Waals surface area contributed by atoms with Crippen LogP contribution in [0.2, 0.25) is 0 Å². The highest BCUT2D eigenvalue weighted by molar-refractivity contribution is 5.62. The number of fused-ring (bicyclic) bond motifs is 1. The van der Waals surface area contributed by atoms with Crippen molar-refractivity contribution in [2.24, 2.45) is 0 Å². The number of anilines is 1. The number of aromatic hydroxyl groups is 1. The predicted octanol–water partition coefficient (Wildman–Crippen LogP) is 2.07. The molecule has 1 aromatic rings. The van der Waals surface area contributed by atoms with Crippen molar-refractivity contribution >= 4 is 5.69 Å². The van der Waals surface area contributed by atoms with Crippen LogP contribution in [0.15, 0.2) is 12.1 Å². The fraction of sp³-hybridized carbons (Fsp3) is 0.600. The van der Waals surface area contributed by atoms with Crippen molar-refractivity contribution in [3.05, 3.63) is 23.3 Å². The number of hydrogen-bond donors (Lipinski definition) is 2. The predicted molar refractivity (Wildman–Crippen MR) is 74.4 cm³/mol. The lowest BCUT2D eigenvalue weighted by molar-refractivity contribution is 0.452. The van der Waals surface area contributed by atoms with Crippen LogP contribution in [-0.2, 0) is 12.8 Å². The van der Waals surface area contributed by atoms with E-state index in [2.05, 4.69) is 29.4 Å². The number of phenolic OH excluding ortho intramolecular Hbond substituents is 1. The second-order valence-corrected chi connectivity index (χ2v) is 5.59. The maximum absolute atomic E-state index is 10.5. The van der Waals surface area contributed by atoms with Crippen molar-refractivity contribution in [2.75, 3.05) is 25.0 Å². The second-order valence-electron chi connectivity index (χ2n) is 5.59. The molecule has 1 aromatic carbocycles. The first-order chi connectivity index (χ1) is 8.75. The fourth-order valence-corrected chi connectivity index (χ4v) is 3.25. The lowest BCUT2D eigenvalue weighted by Crippen LogP contribution is -2.26. The largest absolute Gasteiger partial charge is 0.507 e. The molecular weight excluding hydrogens is 224 g/mol. The van der Waals surface area contributed by atoms with Gasteiger partial charge in [-0.2, -0.15) is 0 Å². The summed E-state index contributed by atoms with van der Waals surface area (Å²) in [7, 11) is 2.11. The molecule has 0 aromatic heterocycles. The molecular formula is C15H22N2O. The summed E-state index contributed by atoms with van der Waals surface area (Å²) in [5.74, 6) is 0.549. The molecule has 0 amide bonds. The minimum atomic E-state index is 0.549. The van der Waals surface area contributed by atoms with Crippen molar-refractivity contribution in [3.63, 3.8) is 0 Å². The van der Waals surface area contributed by atoms with E-state index in [1.54, 1.807) is 0 Å². The highest BCUT2D eigenvalue weighted by Crippen LogP contribution is 2.36. The van der Waals surface area contributed by atoms with E-state index >= 15 is 0 Å². The summed E-state index contributed by atoms with van der Waals surface area (Å²) in [4.78, 5) is 2.25. The number of benzene rings is 1. The average Bonchev–Trinajstić information content (AvgIpc) is 2.86. The van der Waals surface area contributed by atoms with Gasteiger partial charge in [-0.25, -0.2) is 0 Å². The van der Waals surface area contributed by atoms with Crippen LogP contribution in [0.3, 0.4) is 0 Å². The van der Waals surface area contributed by atoms with Crippen LogP contribution in [0, 0.1) is 0 Å². The van der Waals surface area contributed by atoms with Crippen molar-refractivity contribution in [1.29, 1.82) is 0 Å². The third kappa shape index (κ3) is 2.07. The molecule has 1 saturated heterocycles. The number of nitrogens with one attached hydrogen (secondary N) is 1. The first-order valence-corrected chi connectivity index (χ1v) is 7.04. The van der Waals surface area contributed by atoms with Gasteiger partial charge in [0.25, 0.3) is 0 Å². The van der Waals surface area contributed by atoms with Crippen LogP contribution in [0.1, 0.15) is 30.4 Å². The lowest BCUT2D eigenvalue weighted by Gasteiger charge is -2.29. The first-order valence-electron chi connectivity index (χ1n) is 7.04. The smallest absolute Gasteiger partial charge is 0.124 e. The van der Waals surface area contributed by atoms with E-state index in [1.165, 1.54) is 18.5 Å². The van der Waals surface area contributed by atoms with Gasteiger partial charge in [-0.3, -0.25) is 0 Å². The van der Waals surface area contributed by atoms with Crippen LogP contribution in [0.4, 0.5) is 5.69 Å². The molecule has 2 aliphatic heterocycles. The number of nitrogens with zero attached hydrogens (tertiary/aromatic N) is 1. The molecule has 0 radical (unpaired) electrons. The Kier molecular flexibility index (Phi) is 3.16. The highest BCUT2D eigenvalue weighted by atomic mass is 16.3. The molecule has 1 atom stereocenters. The number of hydrogen-bond acceptors (Lipinski definition) is 3. The standard InChI is InChI=1S/C15H22N2O/c1-17-9-3-5-13-14(17)7-6-11(15(13)18)10-12-4-2-8-16-12/h6-7,12,16,18H,2-5,8-10H2,1H3. The summed E-state index contributed by atoms with van der Waals surface area (Å²) < 4.78 is 0. The van der Waals surface area contributed by atoms with E-state index in [-0.39, 0.29) is 0 Å². The van der Waals surface area contributed by atoms with E-state index in [1.807, 2.05) is 0 Å². The number of phenols is 1.